The molecule has 18 heavy (non-hydrogen) atoms. The molecule has 1 saturated heterocycles. The zero-order chi connectivity index (χ0) is 13.4. The number of hydrogen-bond donors (Lipinski definition) is 2. The summed E-state index contributed by atoms with van der Waals surface area (Å²) in [6.07, 6.45) is -3.40. The molecule has 1 aliphatic rings. The first-order valence-corrected chi connectivity index (χ1v) is 5.74. The van der Waals surface area contributed by atoms with E-state index in [0.717, 1.165) is 4.57 Å². The molecule has 6 nitrogen and oxygen atoms in total. The summed E-state index contributed by atoms with van der Waals surface area (Å²) in [5.41, 5.74) is 4.66. The van der Waals surface area contributed by atoms with Gasteiger partial charge in [-0.05, 0) is 12.0 Å². The average molecular weight is 257 g/mol. The maximum Gasteiger partial charge on any atom is 0.351 e. The van der Waals surface area contributed by atoms with Crippen LogP contribution in [0, 0.1) is 5.92 Å². The highest BCUT2D eigenvalue weighted by atomic mass is 19.1. The van der Waals surface area contributed by atoms with Gasteiger partial charge in [0, 0.05) is 6.20 Å². The minimum atomic E-state index is -1.67. The van der Waals surface area contributed by atoms with E-state index in [4.69, 9.17) is 10.5 Å². The van der Waals surface area contributed by atoms with Gasteiger partial charge in [0.1, 0.15) is 11.9 Å². The van der Waals surface area contributed by atoms with Crippen molar-refractivity contribution in [3.05, 3.63) is 22.7 Å². The van der Waals surface area contributed by atoms with Gasteiger partial charge >= 0.3 is 5.69 Å². The van der Waals surface area contributed by atoms with Crippen LogP contribution in [0.1, 0.15) is 20.1 Å². The number of nitrogens with zero attached hydrogens (tertiary/aromatic N) is 2. The standard InChI is InChI=1S/C11H16FN3O3/c1-5(2)9-8(16)7(12)10(18-9)15-4-3-6(13)14-11(15)17/h3-5,7-10,16H,1-2H3,(H2,13,14,17)/t7-,8+,9+,10-/m1/s1. The van der Waals surface area contributed by atoms with Crippen molar-refractivity contribution in [2.24, 2.45) is 5.92 Å². The van der Waals surface area contributed by atoms with Crippen molar-refractivity contribution >= 4 is 5.82 Å². The van der Waals surface area contributed by atoms with E-state index in [1.165, 1.54) is 12.3 Å². The number of aliphatic hydroxyl groups excluding tert-OH is 1. The molecule has 1 aliphatic heterocycles. The van der Waals surface area contributed by atoms with Gasteiger partial charge in [0.25, 0.3) is 0 Å². The van der Waals surface area contributed by atoms with Gasteiger partial charge in [-0.25, -0.2) is 9.18 Å². The van der Waals surface area contributed by atoms with Crippen LogP contribution in [-0.2, 0) is 4.74 Å². The molecular formula is C11H16FN3O3. The van der Waals surface area contributed by atoms with E-state index >= 15 is 0 Å². The lowest BCUT2D eigenvalue weighted by Gasteiger charge is -2.18. The van der Waals surface area contributed by atoms with Gasteiger partial charge in [-0.2, -0.15) is 4.98 Å². The fourth-order valence-corrected chi connectivity index (χ4v) is 2.06. The molecule has 0 aliphatic carbocycles. The van der Waals surface area contributed by atoms with Crippen LogP contribution in [0.4, 0.5) is 10.2 Å². The molecule has 1 aromatic heterocycles. The molecule has 7 heteroatoms. The number of alkyl halides is 1. The molecule has 0 spiro atoms. The minimum Gasteiger partial charge on any atom is -0.387 e. The molecule has 0 aromatic carbocycles. The second-order valence-electron chi connectivity index (χ2n) is 4.71. The van der Waals surface area contributed by atoms with Gasteiger partial charge in [0.05, 0.1) is 6.10 Å². The maximum absolute atomic E-state index is 14.0. The molecule has 1 fully saturated rings. The number of ether oxygens (including phenoxy) is 1. The smallest absolute Gasteiger partial charge is 0.351 e. The van der Waals surface area contributed by atoms with E-state index in [0.29, 0.717) is 0 Å². The second kappa shape index (κ2) is 4.66. The van der Waals surface area contributed by atoms with Gasteiger partial charge < -0.3 is 15.6 Å². The average Bonchev–Trinajstić information content (AvgIpc) is 2.57. The summed E-state index contributed by atoms with van der Waals surface area (Å²) in [5, 5.41) is 9.74. The minimum absolute atomic E-state index is 0.0549. The number of nitrogens with two attached hydrogens (primary N) is 1. The Morgan fingerprint density at radius 2 is 2.28 bits per heavy atom. The van der Waals surface area contributed by atoms with Gasteiger partial charge in [0.2, 0.25) is 0 Å². The zero-order valence-corrected chi connectivity index (χ0v) is 10.2. The van der Waals surface area contributed by atoms with Crippen LogP contribution < -0.4 is 11.4 Å². The Morgan fingerprint density at radius 3 is 2.78 bits per heavy atom. The fourth-order valence-electron chi connectivity index (χ4n) is 2.06. The van der Waals surface area contributed by atoms with Crippen molar-refractivity contribution in [3.8, 4) is 0 Å². The quantitative estimate of drug-likeness (QED) is 0.783. The normalized spacial score (nSPS) is 32.1. The third-order valence-corrected chi connectivity index (χ3v) is 3.01. The maximum atomic E-state index is 14.0. The molecule has 0 saturated carbocycles. The summed E-state index contributed by atoms with van der Waals surface area (Å²) in [5.74, 6) is 0.00584. The highest BCUT2D eigenvalue weighted by molar-refractivity contribution is 5.23. The van der Waals surface area contributed by atoms with Crippen molar-refractivity contribution in [3.63, 3.8) is 0 Å². The van der Waals surface area contributed by atoms with Crippen LogP contribution in [0.2, 0.25) is 0 Å². The molecule has 1 aromatic rings. The van der Waals surface area contributed by atoms with Crippen molar-refractivity contribution in [2.45, 2.75) is 38.5 Å². The van der Waals surface area contributed by atoms with E-state index in [9.17, 15) is 14.3 Å². The Morgan fingerprint density at radius 1 is 1.61 bits per heavy atom. The highest BCUT2D eigenvalue weighted by Crippen LogP contribution is 2.34. The Balaban J connectivity index is 2.32. The van der Waals surface area contributed by atoms with E-state index in [2.05, 4.69) is 4.98 Å². The number of hydrogen-bond acceptors (Lipinski definition) is 5. The molecule has 2 rings (SSSR count). The molecular weight excluding hydrogens is 241 g/mol. The number of rotatable bonds is 2. The number of nitrogen functional groups attached to an aromatic ring is 1. The SMILES string of the molecule is CC(C)[C@@H]1O[C@@H](n2ccc(N)nc2=O)[C@H](F)[C@@H]1O. The number of aliphatic hydroxyl groups is 1. The van der Waals surface area contributed by atoms with Gasteiger partial charge in [-0.15, -0.1) is 0 Å². The molecule has 0 amide bonds. The molecule has 2 heterocycles. The van der Waals surface area contributed by atoms with Crippen molar-refractivity contribution in [1.29, 1.82) is 0 Å². The van der Waals surface area contributed by atoms with E-state index < -0.39 is 30.3 Å². The zero-order valence-electron chi connectivity index (χ0n) is 10.2. The van der Waals surface area contributed by atoms with Crippen molar-refractivity contribution in [2.75, 3.05) is 5.73 Å². The summed E-state index contributed by atoms with van der Waals surface area (Å²) in [7, 11) is 0. The lowest BCUT2D eigenvalue weighted by Crippen LogP contribution is -2.33. The van der Waals surface area contributed by atoms with Crippen LogP contribution >= 0.6 is 0 Å². The lowest BCUT2D eigenvalue weighted by atomic mass is 10.0. The third-order valence-electron chi connectivity index (χ3n) is 3.01. The molecule has 0 radical (unpaired) electrons. The summed E-state index contributed by atoms with van der Waals surface area (Å²) < 4.78 is 20.4. The van der Waals surface area contributed by atoms with Crippen LogP contribution in [-0.4, -0.2) is 33.0 Å². The molecule has 100 valence electrons. The largest absolute Gasteiger partial charge is 0.387 e. The Labute approximate surface area is 103 Å². The van der Waals surface area contributed by atoms with Crippen LogP contribution in [0.15, 0.2) is 17.1 Å². The first-order chi connectivity index (χ1) is 8.41. The molecule has 4 atom stereocenters. The Hall–Kier alpha value is -1.47. The van der Waals surface area contributed by atoms with Crippen LogP contribution in [0.25, 0.3) is 0 Å². The van der Waals surface area contributed by atoms with Crippen molar-refractivity contribution < 1.29 is 14.2 Å². The number of aromatic nitrogens is 2. The third kappa shape index (κ3) is 2.11. The van der Waals surface area contributed by atoms with Gasteiger partial charge in [-0.3, -0.25) is 4.57 Å². The van der Waals surface area contributed by atoms with E-state index in [1.54, 1.807) is 0 Å². The van der Waals surface area contributed by atoms with Gasteiger partial charge in [-0.1, -0.05) is 13.8 Å². The second-order valence-corrected chi connectivity index (χ2v) is 4.71. The number of halogens is 1. The predicted octanol–water partition coefficient (Wildman–Crippen LogP) is 0.0779. The monoisotopic (exact) mass is 257 g/mol. The van der Waals surface area contributed by atoms with E-state index in [1.807, 2.05) is 13.8 Å². The summed E-state index contributed by atoms with van der Waals surface area (Å²) in [4.78, 5) is 15.1. The topological polar surface area (TPSA) is 90.4 Å². The van der Waals surface area contributed by atoms with Crippen LogP contribution in [0.3, 0.4) is 0 Å². The summed E-state index contributed by atoms with van der Waals surface area (Å²) in [6, 6.07) is 1.38. The molecule has 3 N–H and O–H groups in total. The fraction of sp³-hybridized carbons (Fsp3) is 0.636. The predicted molar refractivity (Wildman–Crippen MR) is 62.6 cm³/mol. The van der Waals surface area contributed by atoms with E-state index in [-0.39, 0.29) is 11.7 Å². The number of anilines is 1. The summed E-state index contributed by atoms with van der Waals surface area (Å²) in [6.45, 7) is 3.62. The first-order valence-electron chi connectivity index (χ1n) is 5.74. The highest BCUT2D eigenvalue weighted by Gasteiger charge is 2.46. The lowest BCUT2D eigenvalue weighted by molar-refractivity contribution is -0.0467. The van der Waals surface area contributed by atoms with Crippen LogP contribution in [0.5, 0.6) is 0 Å². The first kappa shape index (κ1) is 13.0. The molecule has 0 unspecified atom stereocenters. The van der Waals surface area contributed by atoms with Gasteiger partial charge in [0.15, 0.2) is 12.4 Å². The Kier molecular flexibility index (Phi) is 3.36. The summed E-state index contributed by atoms with van der Waals surface area (Å²) >= 11 is 0. The molecule has 0 bridgehead atoms. The Bertz CT molecular complexity index is 491. The van der Waals surface area contributed by atoms with Crippen molar-refractivity contribution in [1.82, 2.24) is 9.55 Å².